The van der Waals surface area contributed by atoms with Crippen LogP contribution in [0.2, 0.25) is 0 Å². The van der Waals surface area contributed by atoms with E-state index < -0.39 is 0 Å². The Morgan fingerprint density at radius 1 is 1.22 bits per heavy atom. The lowest BCUT2D eigenvalue weighted by molar-refractivity contribution is 0.359. The zero-order valence-electron chi connectivity index (χ0n) is 10.5. The van der Waals surface area contributed by atoms with Gasteiger partial charge in [0, 0.05) is 25.0 Å². The summed E-state index contributed by atoms with van der Waals surface area (Å²) in [5, 5.41) is 7.96. The zero-order valence-corrected chi connectivity index (χ0v) is 10.5. The van der Waals surface area contributed by atoms with Gasteiger partial charge in [0.15, 0.2) is 0 Å². The summed E-state index contributed by atoms with van der Waals surface area (Å²) in [5.74, 6) is 1.09. The first kappa shape index (κ1) is 11.2. The second-order valence-corrected chi connectivity index (χ2v) is 4.74. The number of hydrogen-bond donors (Lipinski definition) is 0. The minimum Gasteiger partial charge on any atom is -0.356 e. The topological polar surface area (TPSA) is 46.8 Å². The maximum absolute atomic E-state index is 4.58. The number of anilines is 1. The molecule has 94 valence electrons. The summed E-state index contributed by atoms with van der Waals surface area (Å²) in [6.07, 6.45) is 5.89. The molecule has 0 aromatic carbocycles. The predicted molar refractivity (Wildman–Crippen MR) is 69.5 cm³/mol. The largest absolute Gasteiger partial charge is 0.356 e. The molecule has 0 aliphatic carbocycles. The van der Waals surface area contributed by atoms with Crippen molar-refractivity contribution in [3.8, 4) is 0 Å². The molecule has 5 heteroatoms. The Kier molecular flexibility index (Phi) is 2.96. The van der Waals surface area contributed by atoms with Gasteiger partial charge >= 0.3 is 0 Å². The number of rotatable bonds is 2. The summed E-state index contributed by atoms with van der Waals surface area (Å²) in [5.41, 5.74) is 1.07. The maximum Gasteiger partial charge on any atom is 0.128 e. The summed E-state index contributed by atoms with van der Waals surface area (Å²) in [6, 6.07) is 6.67. The van der Waals surface area contributed by atoms with Gasteiger partial charge in [-0.3, -0.25) is 0 Å². The molecule has 0 unspecified atom stereocenters. The van der Waals surface area contributed by atoms with E-state index in [1.807, 2.05) is 23.9 Å². The Morgan fingerprint density at radius 2 is 2.06 bits per heavy atom. The third-order valence-corrected chi connectivity index (χ3v) is 3.48. The second-order valence-electron chi connectivity index (χ2n) is 4.74. The lowest BCUT2D eigenvalue weighted by Crippen LogP contribution is -2.35. The lowest BCUT2D eigenvalue weighted by atomic mass is 10.1. The van der Waals surface area contributed by atoms with Crippen LogP contribution < -0.4 is 4.90 Å². The van der Waals surface area contributed by atoms with Crippen molar-refractivity contribution in [2.45, 2.75) is 25.8 Å². The van der Waals surface area contributed by atoms with Crippen molar-refractivity contribution in [1.82, 2.24) is 20.0 Å². The number of aryl methyl sites for hydroxylation is 1. The van der Waals surface area contributed by atoms with Crippen LogP contribution in [0.1, 0.15) is 24.6 Å². The molecule has 1 saturated heterocycles. The molecule has 1 fully saturated rings. The molecule has 18 heavy (non-hydrogen) atoms. The Bertz CT molecular complexity index is 500. The third kappa shape index (κ3) is 2.20. The fourth-order valence-electron chi connectivity index (χ4n) is 2.48. The van der Waals surface area contributed by atoms with E-state index in [0.717, 1.165) is 37.4 Å². The molecular weight excluding hydrogens is 226 g/mol. The van der Waals surface area contributed by atoms with Crippen LogP contribution in [0.5, 0.6) is 0 Å². The Labute approximate surface area is 106 Å². The highest BCUT2D eigenvalue weighted by atomic mass is 15.4. The van der Waals surface area contributed by atoms with Gasteiger partial charge in [-0.05, 0) is 31.9 Å². The first-order valence-corrected chi connectivity index (χ1v) is 6.37. The molecule has 0 amide bonds. The molecule has 0 bridgehead atoms. The van der Waals surface area contributed by atoms with Crippen LogP contribution >= 0.6 is 0 Å². The average molecular weight is 243 g/mol. The Balaban J connectivity index is 1.67. The van der Waals surface area contributed by atoms with Crippen molar-refractivity contribution in [2.24, 2.45) is 0 Å². The van der Waals surface area contributed by atoms with Gasteiger partial charge in [0.2, 0.25) is 0 Å². The molecule has 3 heterocycles. The van der Waals surface area contributed by atoms with Crippen molar-refractivity contribution in [1.29, 1.82) is 0 Å². The van der Waals surface area contributed by atoms with Crippen LogP contribution in [0, 0.1) is 6.92 Å². The van der Waals surface area contributed by atoms with Crippen LogP contribution in [0.25, 0.3) is 0 Å². The summed E-state index contributed by atoms with van der Waals surface area (Å²) in [6.45, 7) is 4.09. The third-order valence-electron chi connectivity index (χ3n) is 3.48. The highest BCUT2D eigenvalue weighted by molar-refractivity contribution is 5.39. The first-order valence-electron chi connectivity index (χ1n) is 6.37. The average Bonchev–Trinajstić information content (AvgIpc) is 2.93. The van der Waals surface area contributed by atoms with Gasteiger partial charge < -0.3 is 4.90 Å². The summed E-state index contributed by atoms with van der Waals surface area (Å²) in [4.78, 5) is 6.92. The zero-order chi connectivity index (χ0) is 12.4. The normalized spacial score (nSPS) is 17.1. The molecule has 0 atom stereocenters. The van der Waals surface area contributed by atoms with E-state index in [9.17, 15) is 0 Å². The number of hydrogen-bond acceptors (Lipinski definition) is 4. The minimum atomic E-state index is 0.480. The van der Waals surface area contributed by atoms with E-state index in [-0.39, 0.29) is 0 Å². The van der Waals surface area contributed by atoms with Gasteiger partial charge in [-0.15, -0.1) is 5.10 Å². The fraction of sp³-hybridized carbons (Fsp3) is 0.462. The fourth-order valence-corrected chi connectivity index (χ4v) is 2.48. The number of piperidine rings is 1. The van der Waals surface area contributed by atoms with Crippen LogP contribution in [0.4, 0.5) is 5.82 Å². The van der Waals surface area contributed by atoms with Crippen LogP contribution in [-0.2, 0) is 0 Å². The van der Waals surface area contributed by atoms with Gasteiger partial charge in [-0.2, -0.15) is 0 Å². The van der Waals surface area contributed by atoms with Crippen molar-refractivity contribution in [2.75, 3.05) is 18.0 Å². The van der Waals surface area contributed by atoms with Crippen LogP contribution in [0.3, 0.4) is 0 Å². The van der Waals surface area contributed by atoms with Gasteiger partial charge in [0.25, 0.3) is 0 Å². The molecule has 5 nitrogen and oxygen atoms in total. The molecule has 0 radical (unpaired) electrons. The second kappa shape index (κ2) is 4.76. The quantitative estimate of drug-likeness (QED) is 0.807. The smallest absolute Gasteiger partial charge is 0.128 e. The summed E-state index contributed by atoms with van der Waals surface area (Å²) in [7, 11) is 0. The SMILES string of the molecule is Cc1cccc(N2CCC(n3ccnn3)CC2)n1. The minimum absolute atomic E-state index is 0.480. The number of nitrogens with zero attached hydrogens (tertiary/aromatic N) is 5. The molecule has 3 rings (SSSR count). The van der Waals surface area contributed by atoms with E-state index in [4.69, 9.17) is 0 Å². The summed E-state index contributed by atoms with van der Waals surface area (Å²) < 4.78 is 1.97. The van der Waals surface area contributed by atoms with Crippen molar-refractivity contribution >= 4 is 5.82 Å². The highest BCUT2D eigenvalue weighted by Crippen LogP contribution is 2.24. The van der Waals surface area contributed by atoms with Crippen molar-refractivity contribution < 1.29 is 0 Å². The lowest BCUT2D eigenvalue weighted by Gasteiger charge is -2.32. The van der Waals surface area contributed by atoms with E-state index in [1.54, 1.807) is 6.20 Å². The predicted octanol–water partition coefficient (Wildman–Crippen LogP) is 1.82. The maximum atomic E-state index is 4.58. The molecule has 2 aromatic heterocycles. The van der Waals surface area contributed by atoms with E-state index in [0.29, 0.717) is 6.04 Å². The Hall–Kier alpha value is -1.91. The molecule has 2 aromatic rings. The van der Waals surface area contributed by atoms with Gasteiger partial charge in [-0.25, -0.2) is 9.67 Å². The standard InChI is InChI=1S/C13H17N5/c1-11-3-2-4-13(15-11)17-8-5-12(6-9-17)18-10-7-14-16-18/h2-4,7,10,12H,5-6,8-9H2,1H3. The van der Waals surface area contributed by atoms with Gasteiger partial charge in [0.1, 0.15) is 5.82 Å². The molecular formula is C13H17N5. The highest BCUT2D eigenvalue weighted by Gasteiger charge is 2.21. The number of pyridine rings is 1. The number of aromatic nitrogens is 4. The van der Waals surface area contributed by atoms with E-state index in [2.05, 4.69) is 32.3 Å². The molecule has 0 N–H and O–H groups in total. The van der Waals surface area contributed by atoms with E-state index in [1.165, 1.54) is 0 Å². The van der Waals surface area contributed by atoms with E-state index >= 15 is 0 Å². The monoisotopic (exact) mass is 243 g/mol. The van der Waals surface area contributed by atoms with Crippen molar-refractivity contribution in [3.05, 3.63) is 36.3 Å². The molecule has 1 aliphatic rings. The molecule has 0 spiro atoms. The van der Waals surface area contributed by atoms with Gasteiger partial charge in [-0.1, -0.05) is 11.3 Å². The summed E-state index contributed by atoms with van der Waals surface area (Å²) >= 11 is 0. The molecule has 0 saturated carbocycles. The first-order chi connectivity index (χ1) is 8.83. The van der Waals surface area contributed by atoms with Crippen LogP contribution in [-0.4, -0.2) is 33.1 Å². The van der Waals surface area contributed by atoms with Crippen molar-refractivity contribution in [3.63, 3.8) is 0 Å². The van der Waals surface area contributed by atoms with Gasteiger partial charge in [0.05, 0.1) is 12.2 Å². The Morgan fingerprint density at radius 3 is 2.72 bits per heavy atom. The molecule has 1 aliphatic heterocycles. The van der Waals surface area contributed by atoms with Crippen LogP contribution in [0.15, 0.2) is 30.6 Å².